The van der Waals surface area contributed by atoms with Crippen molar-refractivity contribution in [2.75, 3.05) is 31.5 Å². The Bertz CT molecular complexity index is 735. The molecule has 3 aliphatic rings. The Kier molecular flexibility index (Phi) is 6.20. The summed E-state index contributed by atoms with van der Waals surface area (Å²) in [5, 5.41) is 2.97. The number of nitrogens with zero attached hydrogens (tertiary/aromatic N) is 2. The van der Waals surface area contributed by atoms with Crippen LogP contribution in [0.1, 0.15) is 55.8 Å². The molecule has 2 bridgehead atoms. The molecule has 0 aliphatic carbocycles. The number of benzene rings is 1. The molecule has 0 saturated carbocycles. The molecule has 0 spiro atoms. The molecular formula is C23H34N4O2. The number of hydrogen-bond donors (Lipinski definition) is 2. The predicted molar refractivity (Wildman–Crippen MR) is 115 cm³/mol. The van der Waals surface area contributed by atoms with Crippen molar-refractivity contribution in [3.05, 3.63) is 29.8 Å². The van der Waals surface area contributed by atoms with Crippen LogP contribution in [0.2, 0.25) is 0 Å². The smallest absolute Gasteiger partial charge is 0.248 e. The van der Waals surface area contributed by atoms with E-state index in [1.165, 1.54) is 45.1 Å². The second-order valence-corrected chi connectivity index (χ2v) is 9.10. The summed E-state index contributed by atoms with van der Waals surface area (Å²) in [6.45, 7) is 6.06. The molecule has 1 aromatic carbocycles. The Hall–Kier alpha value is -1.92. The maximum atomic E-state index is 12.7. The molecule has 158 valence electrons. The van der Waals surface area contributed by atoms with E-state index >= 15 is 0 Å². The SMILES string of the molecule is CCC[C@H]1[C@H]2C[C@H](CN(CC(=O)Nc3ccc(C(N)=O)cc3)C2)[C@@H]2CCCCN21. The molecule has 3 aliphatic heterocycles. The summed E-state index contributed by atoms with van der Waals surface area (Å²) in [5.41, 5.74) is 6.43. The standard InChI is InChI=1S/C23H34N4O2/c1-2-5-20-17-12-18(21-6-3-4-11-27(20)21)14-26(13-17)15-22(28)25-19-9-7-16(8-10-19)23(24)29/h7-10,17-18,20-21H,2-6,11-15H2,1H3,(H2,24,29)(H,25,28)/t17-,18+,20-,21-/m0/s1. The summed E-state index contributed by atoms with van der Waals surface area (Å²) >= 11 is 0. The van der Waals surface area contributed by atoms with Crippen molar-refractivity contribution in [2.45, 2.75) is 57.5 Å². The van der Waals surface area contributed by atoms with Crippen molar-refractivity contribution < 1.29 is 9.59 Å². The molecule has 29 heavy (non-hydrogen) atoms. The summed E-state index contributed by atoms with van der Waals surface area (Å²) in [4.78, 5) is 29.1. The highest BCUT2D eigenvalue weighted by molar-refractivity contribution is 5.95. The highest BCUT2D eigenvalue weighted by atomic mass is 16.2. The van der Waals surface area contributed by atoms with E-state index in [2.05, 4.69) is 22.0 Å². The molecule has 6 nitrogen and oxygen atoms in total. The average Bonchev–Trinajstić information content (AvgIpc) is 2.71. The molecule has 4 atom stereocenters. The number of carbonyl (C=O) groups excluding carboxylic acids is 2. The number of piperidine rings is 3. The molecule has 6 heteroatoms. The Morgan fingerprint density at radius 1 is 1.14 bits per heavy atom. The molecule has 3 heterocycles. The first-order valence-corrected chi connectivity index (χ1v) is 11.2. The van der Waals surface area contributed by atoms with E-state index in [0.717, 1.165) is 13.1 Å². The zero-order chi connectivity index (χ0) is 20.4. The van der Waals surface area contributed by atoms with E-state index in [1.54, 1.807) is 24.3 Å². The zero-order valence-electron chi connectivity index (χ0n) is 17.5. The minimum atomic E-state index is -0.457. The number of nitrogens with one attached hydrogen (secondary N) is 1. The summed E-state index contributed by atoms with van der Waals surface area (Å²) in [5.74, 6) is 0.945. The van der Waals surface area contributed by atoms with Gasteiger partial charge in [-0.05, 0) is 68.3 Å². The van der Waals surface area contributed by atoms with Crippen LogP contribution in [0.25, 0.3) is 0 Å². The monoisotopic (exact) mass is 398 g/mol. The van der Waals surface area contributed by atoms with Gasteiger partial charge in [0.15, 0.2) is 0 Å². The molecule has 0 unspecified atom stereocenters. The lowest BCUT2D eigenvalue weighted by molar-refractivity contribution is -0.120. The van der Waals surface area contributed by atoms with Crippen molar-refractivity contribution in [1.29, 1.82) is 0 Å². The number of rotatable bonds is 6. The molecule has 1 aromatic rings. The normalized spacial score (nSPS) is 29.8. The van der Waals surface area contributed by atoms with E-state index in [4.69, 9.17) is 5.73 Å². The molecule has 0 aromatic heterocycles. The maximum Gasteiger partial charge on any atom is 0.248 e. The topological polar surface area (TPSA) is 78.7 Å². The lowest BCUT2D eigenvalue weighted by Crippen LogP contribution is -2.63. The van der Waals surface area contributed by atoms with Gasteiger partial charge in [-0.3, -0.25) is 19.4 Å². The number of likely N-dealkylation sites (tertiary alicyclic amines) is 1. The van der Waals surface area contributed by atoms with E-state index in [-0.39, 0.29) is 5.91 Å². The Labute approximate surface area is 173 Å². The quantitative estimate of drug-likeness (QED) is 0.772. The Morgan fingerprint density at radius 2 is 1.90 bits per heavy atom. The maximum absolute atomic E-state index is 12.7. The number of carbonyl (C=O) groups is 2. The summed E-state index contributed by atoms with van der Waals surface area (Å²) in [6, 6.07) is 8.17. The summed E-state index contributed by atoms with van der Waals surface area (Å²) < 4.78 is 0. The molecular weight excluding hydrogens is 364 g/mol. The second-order valence-electron chi connectivity index (χ2n) is 9.10. The number of nitrogens with two attached hydrogens (primary N) is 1. The van der Waals surface area contributed by atoms with Crippen molar-refractivity contribution in [1.82, 2.24) is 9.80 Å². The van der Waals surface area contributed by atoms with Crippen molar-refractivity contribution in [3.63, 3.8) is 0 Å². The van der Waals surface area contributed by atoms with Gasteiger partial charge in [0, 0.05) is 36.4 Å². The lowest BCUT2D eigenvalue weighted by Gasteiger charge is -2.57. The minimum Gasteiger partial charge on any atom is -0.366 e. The van der Waals surface area contributed by atoms with Gasteiger partial charge in [0.2, 0.25) is 11.8 Å². The van der Waals surface area contributed by atoms with Gasteiger partial charge in [-0.2, -0.15) is 0 Å². The van der Waals surface area contributed by atoms with Gasteiger partial charge in [-0.15, -0.1) is 0 Å². The van der Waals surface area contributed by atoms with Crippen LogP contribution in [-0.4, -0.2) is 59.9 Å². The lowest BCUT2D eigenvalue weighted by atomic mass is 9.71. The van der Waals surface area contributed by atoms with Crippen molar-refractivity contribution in [3.8, 4) is 0 Å². The van der Waals surface area contributed by atoms with Gasteiger partial charge in [0.05, 0.1) is 6.54 Å². The number of amides is 2. The number of primary amides is 1. The minimum absolute atomic E-state index is 0.0179. The summed E-state index contributed by atoms with van der Waals surface area (Å²) in [7, 11) is 0. The van der Waals surface area contributed by atoms with Crippen LogP contribution in [0, 0.1) is 11.8 Å². The highest BCUT2D eigenvalue weighted by Crippen LogP contribution is 2.42. The van der Waals surface area contributed by atoms with Crippen LogP contribution in [0.4, 0.5) is 5.69 Å². The fraction of sp³-hybridized carbons (Fsp3) is 0.652. The Morgan fingerprint density at radius 3 is 2.62 bits per heavy atom. The number of fused-ring (bicyclic) bond motifs is 4. The molecule has 4 rings (SSSR count). The van der Waals surface area contributed by atoms with Crippen LogP contribution >= 0.6 is 0 Å². The molecule has 2 amide bonds. The van der Waals surface area contributed by atoms with Gasteiger partial charge in [0.25, 0.3) is 0 Å². The van der Waals surface area contributed by atoms with Gasteiger partial charge in [-0.1, -0.05) is 19.8 Å². The Balaban J connectivity index is 1.38. The fourth-order valence-electron chi connectivity index (χ4n) is 5.95. The first kappa shape index (κ1) is 20.4. The summed E-state index contributed by atoms with van der Waals surface area (Å²) in [6.07, 6.45) is 7.86. The molecule has 3 fully saturated rings. The van der Waals surface area contributed by atoms with Gasteiger partial charge in [-0.25, -0.2) is 0 Å². The predicted octanol–water partition coefficient (Wildman–Crippen LogP) is 2.70. The highest BCUT2D eigenvalue weighted by Gasteiger charge is 2.46. The molecule has 3 N–H and O–H groups in total. The van der Waals surface area contributed by atoms with E-state index in [9.17, 15) is 9.59 Å². The van der Waals surface area contributed by atoms with Crippen LogP contribution in [-0.2, 0) is 4.79 Å². The number of hydrogen-bond acceptors (Lipinski definition) is 4. The first-order valence-electron chi connectivity index (χ1n) is 11.2. The molecule has 3 saturated heterocycles. The van der Waals surface area contributed by atoms with Crippen LogP contribution in [0.3, 0.4) is 0 Å². The van der Waals surface area contributed by atoms with Crippen LogP contribution < -0.4 is 11.1 Å². The third-order valence-electron chi connectivity index (χ3n) is 7.10. The average molecular weight is 399 g/mol. The molecule has 0 radical (unpaired) electrons. The van der Waals surface area contributed by atoms with Crippen LogP contribution in [0.5, 0.6) is 0 Å². The third kappa shape index (κ3) is 4.48. The van der Waals surface area contributed by atoms with Gasteiger partial charge >= 0.3 is 0 Å². The third-order valence-corrected chi connectivity index (χ3v) is 7.10. The van der Waals surface area contributed by atoms with Crippen molar-refractivity contribution in [2.24, 2.45) is 17.6 Å². The van der Waals surface area contributed by atoms with Crippen LogP contribution in [0.15, 0.2) is 24.3 Å². The largest absolute Gasteiger partial charge is 0.366 e. The first-order chi connectivity index (χ1) is 14.0. The fourth-order valence-corrected chi connectivity index (χ4v) is 5.95. The second kappa shape index (κ2) is 8.84. The van der Waals surface area contributed by atoms with E-state index in [1.807, 2.05) is 0 Å². The van der Waals surface area contributed by atoms with Gasteiger partial charge in [0.1, 0.15) is 0 Å². The van der Waals surface area contributed by atoms with Gasteiger partial charge < -0.3 is 11.1 Å². The van der Waals surface area contributed by atoms with Crippen molar-refractivity contribution >= 4 is 17.5 Å². The van der Waals surface area contributed by atoms with E-state index in [0.29, 0.717) is 41.7 Å². The van der Waals surface area contributed by atoms with E-state index < -0.39 is 5.91 Å². The zero-order valence-corrected chi connectivity index (χ0v) is 17.5. The number of anilines is 1.